The Kier molecular flexibility index (Phi) is 7.32. The third-order valence-corrected chi connectivity index (χ3v) is 6.00. The second-order valence-electron chi connectivity index (χ2n) is 7.34. The molecule has 1 aromatic heterocycles. The van der Waals surface area contributed by atoms with Gasteiger partial charge >= 0.3 is 0 Å². The highest BCUT2D eigenvalue weighted by Crippen LogP contribution is 2.33. The first-order valence-electron chi connectivity index (χ1n) is 10.2. The van der Waals surface area contributed by atoms with Gasteiger partial charge in [0.1, 0.15) is 17.3 Å². The van der Waals surface area contributed by atoms with Gasteiger partial charge in [0.05, 0.1) is 41.7 Å². The van der Waals surface area contributed by atoms with Crippen LogP contribution in [0.1, 0.15) is 15.9 Å². The average Bonchev–Trinajstić information content (AvgIpc) is 3.32. The number of rotatable bonds is 7. The number of imidazole rings is 1. The largest absolute Gasteiger partial charge is 0.497 e. The Bertz CT molecular complexity index is 1310. The first kappa shape index (κ1) is 24.0. The van der Waals surface area contributed by atoms with Crippen LogP contribution < -0.4 is 14.8 Å². The molecule has 0 fully saturated rings. The van der Waals surface area contributed by atoms with Gasteiger partial charge in [0.15, 0.2) is 0 Å². The fraction of sp³-hybridized carbons (Fsp3) is 0.120. The van der Waals surface area contributed by atoms with Gasteiger partial charge in [0.2, 0.25) is 0 Å². The number of benzene rings is 3. The molecule has 0 unspecified atom stereocenters. The zero-order valence-electron chi connectivity index (χ0n) is 18.3. The van der Waals surface area contributed by atoms with Crippen LogP contribution in [0.2, 0.25) is 15.1 Å². The summed E-state index contributed by atoms with van der Waals surface area (Å²) in [6.45, 7) is 0.304. The lowest BCUT2D eigenvalue weighted by atomic mass is 10.1. The van der Waals surface area contributed by atoms with Gasteiger partial charge in [0, 0.05) is 22.7 Å². The van der Waals surface area contributed by atoms with Crippen LogP contribution in [0.25, 0.3) is 22.6 Å². The maximum atomic E-state index is 12.5. The van der Waals surface area contributed by atoms with Crippen molar-refractivity contribution in [3.63, 3.8) is 0 Å². The fourth-order valence-corrected chi connectivity index (χ4v) is 4.43. The molecule has 0 saturated heterocycles. The summed E-state index contributed by atoms with van der Waals surface area (Å²) in [5.41, 5.74) is 3.64. The fourth-order valence-electron chi connectivity index (χ4n) is 3.44. The van der Waals surface area contributed by atoms with Crippen molar-refractivity contribution in [1.82, 2.24) is 15.3 Å². The number of carbonyl (C=O) groups excluding carboxylic acids is 1. The number of amides is 1. The molecule has 0 aliphatic rings. The van der Waals surface area contributed by atoms with E-state index in [4.69, 9.17) is 44.3 Å². The Morgan fingerprint density at radius 3 is 2.32 bits per heavy atom. The number of aromatic nitrogens is 2. The molecule has 1 heterocycles. The van der Waals surface area contributed by atoms with E-state index in [1.165, 1.54) is 12.1 Å². The average molecular weight is 517 g/mol. The molecule has 9 heteroatoms. The van der Waals surface area contributed by atoms with Crippen molar-refractivity contribution in [2.45, 2.75) is 6.54 Å². The lowest BCUT2D eigenvalue weighted by Crippen LogP contribution is -2.23. The maximum Gasteiger partial charge on any atom is 0.254 e. The van der Waals surface area contributed by atoms with Gasteiger partial charge < -0.3 is 19.8 Å². The highest BCUT2D eigenvalue weighted by atomic mass is 35.5. The summed E-state index contributed by atoms with van der Waals surface area (Å²) in [6.07, 6.45) is 1.75. The predicted octanol–water partition coefficient (Wildman–Crippen LogP) is 6.65. The summed E-state index contributed by atoms with van der Waals surface area (Å²) in [7, 11) is 3.24. The normalized spacial score (nSPS) is 10.7. The quantitative estimate of drug-likeness (QED) is 0.288. The molecule has 34 heavy (non-hydrogen) atoms. The van der Waals surface area contributed by atoms with Crippen LogP contribution in [0.4, 0.5) is 0 Å². The van der Waals surface area contributed by atoms with Crippen LogP contribution in [0.15, 0.2) is 60.8 Å². The highest BCUT2D eigenvalue weighted by molar-refractivity contribution is 6.42. The number of nitrogens with one attached hydrogen (secondary N) is 2. The van der Waals surface area contributed by atoms with Gasteiger partial charge in [-0.2, -0.15) is 0 Å². The van der Waals surface area contributed by atoms with Crippen LogP contribution >= 0.6 is 34.8 Å². The van der Waals surface area contributed by atoms with Crippen molar-refractivity contribution >= 4 is 40.7 Å². The third kappa shape index (κ3) is 5.14. The van der Waals surface area contributed by atoms with E-state index in [9.17, 15) is 4.79 Å². The molecular weight excluding hydrogens is 497 g/mol. The van der Waals surface area contributed by atoms with Gasteiger partial charge in [-0.1, -0.05) is 59.1 Å². The number of ether oxygens (including phenoxy) is 2. The first-order chi connectivity index (χ1) is 16.4. The Morgan fingerprint density at radius 1 is 0.971 bits per heavy atom. The molecule has 2 N–H and O–H groups in total. The molecule has 6 nitrogen and oxygen atoms in total. The van der Waals surface area contributed by atoms with Crippen LogP contribution in [0, 0.1) is 0 Å². The van der Waals surface area contributed by atoms with E-state index in [0.717, 1.165) is 28.1 Å². The first-order valence-corrected chi connectivity index (χ1v) is 11.3. The maximum absolute atomic E-state index is 12.5. The molecule has 0 atom stereocenters. The lowest BCUT2D eigenvalue weighted by molar-refractivity contribution is 0.0951. The molecule has 0 spiro atoms. The zero-order valence-corrected chi connectivity index (χ0v) is 20.6. The second kappa shape index (κ2) is 10.4. The lowest BCUT2D eigenvalue weighted by Gasteiger charge is -2.10. The van der Waals surface area contributed by atoms with Crippen molar-refractivity contribution in [2.24, 2.45) is 0 Å². The van der Waals surface area contributed by atoms with Gasteiger partial charge in [-0.05, 0) is 35.9 Å². The summed E-state index contributed by atoms with van der Waals surface area (Å²) < 4.78 is 10.8. The molecule has 174 valence electrons. The molecule has 0 aliphatic heterocycles. The van der Waals surface area contributed by atoms with E-state index in [0.29, 0.717) is 23.1 Å². The highest BCUT2D eigenvalue weighted by Gasteiger charge is 2.16. The van der Waals surface area contributed by atoms with E-state index in [1.807, 2.05) is 42.5 Å². The van der Waals surface area contributed by atoms with Crippen LogP contribution in [-0.4, -0.2) is 30.1 Å². The monoisotopic (exact) mass is 515 g/mol. The zero-order chi connectivity index (χ0) is 24.2. The van der Waals surface area contributed by atoms with Gasteiger partial charge in [-0.15, -0.1) is 0 Å². The van der Waals surface area contributed by atoms with E-state index >= 15 is 0 Å². The van der Waals surface area contributed by atoms with Crippen molar-refractivity contribution in [1.29, 1.82) is 0 Å². The minimum atomic E-state index is -0.376. The second-order valence-corrected chi connectivity index (χ2v) is 8.59. The summed E-state index contributed by atoms with van der Waals surface area (Å²) in [5, 5.41) is 3.59. The Labute approximate surface area is 211 Å². The van der Waals surface area contributed by atoms with Crippen molar-refractivity contribution in [3.05, 3.63) is 87.0 Å². The van der Waals surface area contributed by atoms with Gasteiger partial charge in [-0.3, -0.25) is 4.79 Å². The molecular formula is C25H20Cl3N3O3. The summed E-state index contributed by atoms with van der Waals surface area (Å²) in [6, 6.07) is 16.2. The number of hydrogen-bond acceptors (Lipinski definition) is 4. The van der Waals surface area contributed by atoms with Crippen molar-refractivity contribution in [3.8, 4) is 34.1 Å². The minimum Gasteiger partial charge on any atom is -0.497 e. The molecule has 0 radical (unpaired) electrons. The van der Waals surface area contributed by atoms with Crippen LogP contribution in [-0.2, 0) is 6.54 Å². The Morgan fingerprint density at radius 2 is 1.68 bits per heavy atom. The van der Waals surface area contributed by atoms with E-state index in [2.05, 4.69) is 15.3 Å². The van der Waals surface area contributed by atoms with E-state index < -0.39 is 0 Å². The molecule has 0 aliphatic carbocycles. The van der Waals surface area contributed by atoms with Crippen molar-refractivity contribution < 1.29 is 14.3 Å². The van der Waals surface area contributed by atoms with Gasteiger partial charge in [-0.25, -0.2) is 4.98 Å². The predicted molar refractivity (Wildman–Crippen MR) is 135 cm³/mol. The summed E-state index contributed by atoms with van der Waals surface area (Å²) in [4.78, 5) is 20.4. The third-order valence-electron chi connectivity index (χ3n) is 5.19. The standard InChI is InChI=1S/C25H20Cl3N3O3/c1-33-17-7-8-22(34-2)18(11-17)21-13-29-24(31-21)15-5-3-14(4-6-15)12-30-25(32)23-19(27)9-16(26)10-20(23)28/h3-11,13H,12H2,1-2H3,(H,29,31)(H,30,32). The minimum absolute atomic E-state index is 0.195. The number of carbonyl (C=O) groups is 1. The van der Waals surface area contributed by atoms with Gasteiger partial charge in [0.25, 0.3) is 5.91 Å². The van der Waals surface area contributed by atoms with E-state index in [-0.39, 0.29) is 21.5 Å². The van der Waals surface area contributed by atoms with Crippen molar-refractivity contribution in [2.75, 3.05) is 14.2 Å². The summed E-state index contributed by atoms with van der Waals surface area (Å²) in [5.74, 6) is 1.76. The number of halogens is 3. The van der Waals surface area contributed by atoms with Crippen LogP contribution in [0.5, 0.6) is 11.5 Å². The SMILES string of the molecule is COc1ccc(OC)c(-c2cnc(-c3ccc(CNC(=O)c4c(Cl)cc(Cl)cc4Cl)cc3)[nH]2)c1. The Hall–Kier alpha value is -3.19. The Balaban J connectivity index is 1.47. The number of hydrogen-bond donors (Lipinski definition) is 2. The van der Waals surface area contributed by atoms with E-state index in [1.54, 1.807) is 20.4 Å². The smallest absolute Gasteiger partial charge is 0.254 e. The summed E-state index contributed by atoms with van der Waals surface area (Å²) >= 11 is 18.2. The molecule has 0 bridgehead atoms. The topological polar surface area (TPSA) is 76.2 Å². The number of H-pyrrole nitrogens is 1. The molecule has 4 rings (SSSR count). The number of methoxy groups -OCH3 is 2. The molecule has 3 aromatic carbocycles. The number of nitrogens with zero attached hydrogens (tertiary/aromatic N) is 1. The van der Waals surface area contributed by atoms with Crippen LogP contribution in [0.3, 0.4) is 0 Å². The molecule has 1 amide bonds. The molecule has 0 saturated carbocycles. The number of aromatic amines is 1. The molecule has 4 aromatic rings.